The number of rotatable bonds is 15. The summed E-state index contributed by atoms with van der Waals surface area (Å²) < 4.78 is 55.2. The summed E-state index contributed by atoms with van der Waals surface area (Å²) in [5, 5.41) is 19.8. The van der Waals surface area contributed by atoms with Gasteiger partial charge in [-0.1, -0.05) is 35.3 Å². The molecule has 0 saturated carbocycles. The average molecular weight is 815 g/mol. The highest BCUT2D eigenvalue weighted by atomic mass is 35.5. The number of furan rings is 1. The summed E-state index contributed by atoms with van der Waals surface area (Å²) in [5.74, 6) is -4.82. The standard InChI is InChI=1S/C35H41Cl2N3O13S/c1-22-35(45,23-10-8-11-24(36)16-23)53-20-34(2,3)40(22)33(44)52-21-51-32(43)31(42)50-14-7-5-4-6-13-49-30(41)26-17-29(54(38,46)47)27(37)18-28(26)39-19-25-12-9-15-48-25/h8-12,15-18,22,39,45H,4-7,13-14,19-21H2,1-3H3,(H2,38,46,47)/t22-,35+/m0/s1. The van der Waals surface area contributed by atoms with E-state index in [4.69, 9.17) is 56.4 Å². The number of anilines is 1. The summed E-state index contributed by atoms with van der Waals surface area (Å²) in [6, 6.07) is 11.1. The summed E-state index contributed by atoms with van der Waals surface area (Å²) in [6.07, 6.45) is 2.44. The van der Waals surface area contributed by atoms with E-state index in [9.17, 15) is 32.7 Å². The lowest BCUT2D eigenvalue weighted by Crippen LogP contribution is -2.66. The Balaban J connectivity index is 1.15. The molecule has 54 heavy (non-hydrogen) atoms. The molecule has 0 aliphatic carbocycles. The monoisotopic (exact) mass is 813 g/mol. The van der Waals surface area contributed by atoms with Gasteiger partial charge >= 0.3 is 24.0 Å². The first-order chi connectivity index (χ1) is 25.4. The van der Waals surface area contributed by atoms with Crippen molar-refractivity contribution in [2.45, 2.75) is 75.3 Å². The molecular formula is C35H41Cl2N3O13S. The number of nitrogens with two attached hydrogens (primary N) is 1. The van der Waals surface area contributed by atoms with Crippen molar-refractivity contribution in [3.63, 3.8) is 0 Å². The normalized spacial score (nSPS) is 18.1. The minimum Gasteiger partial charge on any atom is -0.467 e. The van der Waals surface area contributed by atoms with Gasteiger partial charge in [0.25, 0.3) is 0 Å². The van der Waals surface area contributed by atoms with Gasteiger partial charge in [0.05, 0.1) is 60.5 Å². The number of benzene rings is 2. The van der Waals surface area contributed by atoms with Crippen LogP contribution in [0.3, 0.4) is 0 Å². The van der Waals surface area contributed by atoms with Gasteiger partial charge in [-0.15, -0.1) is 0 Å². The Hall–Kier alpha value is -4.39. The number of hydrogen-bond donors (Lipinski definition) is 3. The third kappa shape index (κ3) is 10.9. The first-order valence-corrected chi connectivity index (χ1v) is 19.0. The third-order valence-electron chi connectivity index (χ3n) is 8.36. The van der Waals surface area contributed by atoms with Gasteiger partial charge in [0.15, 0.2) is 0 Å². The van der Waals surface area contributed by atoms with E-state index in [0.717, 1.165) is 6.07 Å². The number of ether oxygens (including phenoxy) is 5. The molecular weight excluding hydrogens is 773 g/mol. The summed E-state index contributed by atoms with van der Waals surface area (Å²) in [6.45, 7) is 4.08. The molecule has 4 N–H and O–H groups in total. The lowest BCUT2D eigenvalue weighted by atomic mass is 9.90. The van der Waals surface area contributed by atoms with Gasteiger partial charge in [-0.3, -0.25) is 4.90 Å². The van der Waals surface area contributed by atoms with Crippen molar-refractivity contribution in [3.05, 3.63) is 81.7 Å². The van der Waals surface area contributed by atoms with Crippen molar-refractivity contribution >= 4 is 62.9 Å². The molecule has 16 nitrogen and oxygen atoms in total. The van der Waals surface area contributed by atoms with Crippen LogP contribution in [0, 0.1) is 0 Å². The number of morpholine rings is 1. The lowest BCUT2D eigenvalue weighted by molar-refractivity contribution is -0.295. The number of esters is 3. The van der Waals surface area contributed by atoms with Crippen molar-refractivity contribution in [2.75, 3.05) is 31.9 Å². The minimum atomic E-state index is -4.23. The summed E-state index contributed by atoms with van der Waals surface area (Å²) in [7, 11) is -4.23. The third-order valence-corrected chi connectivity index (χ3v) is 9.97. The Morgan fingerprint density at radius 1 is 0.963 bits per heavy atom. The quantitative estimate of drug-likeness (QED) is 0.0598. The summed E-state index contributed by atoms with van der Waals surface area (Å²) in [4.78, 5) is 51.0. The van der Waals surface area contributed by atoms with Crippen molar-refractivity contribution < 1.29 is 60.8 Å². The largest absolute Gasteiger partial charge is 0.467 e. The molecule has 0 radical (unpaired) electrons. The highest BCUT2D eigenvalue weighted by molar-refractivity contribution is 7.89. The van der Waals surface area contributed by atoms with Gasteiger partial charge in [0, 0.05) is 10.6 Å². The van der Waals surface area contributed by atoms with Crippen LogP contribution in [0.15, 0.2) is 64.1 Å². The molecule has 3 aromatic rings. The van der Waals surface area contributed by atoms with Crippen LogP contribution in [0.5, 0.6) is 0 Å². The molecule has 1 aromatic heterocycles. The predicted octanol–water partition coefficient (Wildman–Crippen LogP) is 5.09. The number of carbonyl (C=O) groups is 4. The fraction of sp³-hybridized carbons (Fsp3) is 0.429. The van der Waals surface area contributed by atoms with E-state index in [-0.39, 0.29) is 42.6 Å². The van der Waals surface area contributed by atoms with Crippen LogP contribution in [0.2, 0.25) is 10.0 Å². The zero-order valence-corrected chi connectivity index (χ0v) is 32.0. The predicted molar refractivity (Wildman–Crippen MR) is 193 cm³/mol. The Kier molecular flexibility index (Phi) is 14.3. The summed E-state index contributed by atoms with van der Waals surface area (Å²) in [5.41, 5.74) is -0.477. The Morgan fingerprint density at radius 2 is 1.65 bits per heavy atom. The van der Waals surface area contributed by atoms with Crippen LogP contribution >= 0.6 is 23.2 Å². The molecule has 2 atom stereocenters. The van der Waals surface area contributed by atoms with Gasteiger partial charge in [-0.25, -0.2) is 32.7 Å². The number of hydrogen-bond acceptors (Lipinski definition) is 14. The van der Waals surface area contributed by atoms with Crippen LogP contribution in [0.4, 0.5) is 10.5 Å². The number of primary sulfonamides is 1. The first kappa shape index (κ1) is 42.4. The fourth-order valence-corrected chi connectivity index (χ4v) is 6.87. The number of amides is 1. The SMILES string of the molecule is C[C@@H]1N(C(=O)OCOC(=O)C(=O)OCCCCCCOC(=O)c2cc(S(N)(=O)=O)c(Cl)cc2NCc2ccco2)C(C)(C)CO[C@@]1(O)c1cccc(Cl)c1. The zero-order valence-electron chi connectivity index (χ0n) is 29.7. The van der Waals surface area contributed by atoms with E-state index >= 15 is 0 Å². The maximum Gasteiger partial charge on any atom is 0.420 e. The van der Waals surface area contributed by atoms with Gasteiger partial charge < -0.3 is 38.5 Å². The number of halogens is 2. The minimum absolute atomic E-state index is 0.00503. The second-order valence-corrected chi connectivity index (χ2v) is 15.2. The van der Waals surface area contributed by atoms with Gasteiger partial charge in [-0.2, -0.15) is 0 Å². The molecule has 1 aliphatic heterocycles. The van der Waals surface area contributed by atoms with Crippen LogP contribution in [-0.2, 0) is 55.6 Å². The number of unbranched alkanes of at least 4 members (excludes halogenated alkanes) is 3. The van der Waals surface area contributed by atoms with Crippen LogP contribution in [0.25, 0.3) is 0 Å². The van der Waals surface area contributed by atoms with Gasteiger partial charge in [-0.05, 0) is 82.9 Å². The molecule has 1 aliphatic rings. The molecule has 294 valence electrons. The van der Waals surface area contributed by atoms with Crippen LogP contribution in [-0.4, -0.2) is 80.6 Å². The molecule has 0 unspecified atom stereocenters. The van der Waals surface area contributed by atoms with E-state index in [1.807, 2.05) is 0 Å². The van der Waals surface area contributed by atoms with E-state index in [1.54, 1.807) is 51.1 Å². The van der Waals surface area contributed by atoms with Crippen molar-refractivity contribution in [3.8, 4) is 0 Å². The molecule has 2 heterocycles. The van der Waals surface area contributed by atoms with E-state index in [1.165, 1.54) is 23.3 Å². The van der Waals surface area contributed by atoms with Gasteiger partial charge in [0.2, 0.25) is 22.6 Å². The molecule has 4 rings (SSSR count). The zero-order chi connectivity index (χ0) is 39.7. The smallest absolute Gasteiger partial charge is 0.420 e. The number of nitrogens with zero attached hydrogens (tertiary/aromatic N) is 1. The number of aliphatic hydroxyl groups is 1. The summed E-state index contributed by atoms with van der Waals surface area (Å²) >= 11 is 12.2. The van der Waals surface area contributed by atoms with E-state index in [2.05, 4.69) is 5.32 Å². The maximum atomic E-state index is 13.1. The second-order valence-electron chi connectivity index (χ2n) is 12.8. The van der Waals surface area contributed by atoms with Crippen LogP contribution in [0.1, 0.15) is 68.1 Å². The first-order valence-electron chi connectivity index (χ1n) is 16.7. The number of carbonyl (C=O) groups excluding carboxylic acids is 4. The number of sulfonamides is 1. The van der Waals surface area contributed by atoms with Crippen molar-refractivity contribution in [2.24, 2.45) is 5.14 Å². The van der Waals surface area contributed by atoms with Crippen LogP contribution < -0.4 is 10.5 Å². The van der Waals surface area contributed by atoms with E-state index in [0.29, 0.717) is 42.0 Å². The fourth-order valence-electron chi connectivity index (χ4n) is 5.59. The maximum absolute atomic E-state index is 13.1. The molecule has 0 spiro atoms. The molecule has 19 heteroatoms. The van der Waals surface area contributed by atoms with Crippen molar-refractivity contribution in [1.29, 1.82) is 0 Å². The molecule has 1 amide bonds. The molecule has 2 aromatic carbocycles. The molecule has 1 saturated heterocycles. The Labute approximate surface area is 321 Å². The van der Waals surface area contributed by atoms with Gasteiger partial charge in [0.1, 0.15) is 10.7 Å². The number of nitrogens with one attached hydrogen (secondary N) is 1. The highest BCUT2D eigenvalue weighted by Crippen LogP contribution is 2.40. The average Bonchev–Trinajstić information content (AvgIpc) is 3.63. The Morgan fingerprint density at radius 3 is 2.30 bits per heavy atom. The second kappa shape index (κ2) is 18.3. The highest BCUT2D eigenvalue weighted by Gasteiger charge is 2.53. The molecule has 0 bridgehead atoms. The lowest BCUT2D eigenvalue weighted by Gasteiger charge is -2.52. The topological polar surface area (TPSA) is 223 Å². The van der Waals surface area contributed by atoms with Crippen molar-refractivity contribution in [1.82, 2.24) is 4.90 Å². The van der Waals surface area contributed by atoms with E-state index < -0.39 is 63.1 Å². The Bertz CT molecular complexity index is 1920. The molecule has 1 fully saturated rings.